The van der Waals surface area contributed by atoms with Crippen molar-refractivity contribution in [2.24, 2.45) is 0 Å². The summed E-state index contributed by atoms with van der Waals surface area (Å²) in [5, 5.41) is 7.15. The molecule has 0 saturated heterocycles. The minimum Gasteiger partial charge on any atom is -0.393 e. The lowest BCUT2D eigenvalue weighted by molar-refractivity contribution is 1.17. The predicted molar refractivity (Wildman–Crippen MR) is 100 cm³/mol. The highest BCUT2D eigenvalue weighted by molar-refractivity contribution is 6.30. The molecule has 0 spiro atoms. The van der Waals surface area contributed by atoms with Gasteiger partial charge < -0.3 is 16.4 Å². The Balaban J connectivity index is 1.88. The van der Waals surface area contributed by atoms with Crippen molar-refractivity contribution in [1.82, 2.24) is 9.97 Å². The van der Waals surface area contributed by atoms with Crippen LogP contribution in [-0.4, -0.2) is 9.97 Å². The molecule has 0 aliphatic rings. The summed E-state index contributed by atoms with van der Waals surface area (Å²) in [5.41, 5.74) is 10.7. The van der Waals surface area contributed by atoms with Crippen molar-refractivity contribution >= 4 is 40.3 Å². The summed E-state index contributed by atoms with van der Waals surface area (Å²) in [6, 6.07) is 13.6. The highest BCUT2D eigenvalue weighted by Crippen LogP contribution is 2.30. The van der Waals surface area contributed by atoms with Gasteiger partial charge in [0.05, 0.1) is 0 Å². The second-order valence-corrected chi connectivity index (χ2v) is 6.00. The first kappa shape index (κ1) is 16.1. The van der Waals surface area contributed by atoms with E-state index in [1.165, 1.54) is 6.33 Å². The van der Waals surface area contributed by atoms with Crippen LogP contribution in [-0.2, 0) is 0 Å². The summed E-state index contributed by atoms with van der Waals surface area (Å²) in [4.78, 5) is 8.47. The second kappa shape index (κ2) is 6.76. The Hall–Kier alpha value is -2.79. The first-order valence-electron chi connectivity index (χ1n) is 7.50. The van der Waals surface area contributed by atoms with Crippen LogP contribution in [0.5, 0.6) is 0 Å². The molecule has 6 heteroatoms. The van der Waals surface area contributed by atoms with Gasteiger partial charge in [0.25, 0.3) is 0 Å². The molecule has 0 bridgehead atoms. The number of aromatic nitrogens is 2. The molecule has 1 heterocycles. The standard InChI is InChI=1S/C18H18ClN5/c1-11-4-3-5-14(8-11)23-17-16(20)18(22-10-21-17)24-15-7-6-13(19)9-12(15)2/h3-10H,20H2,1-2H3,(H2,21,22,23,24). The SMILES string of the molecule is Cc1cccc(Nc2ncnc(Nc3ccc(Cl)cc3C)c2N)c1. The van der Waals surface area contributed by atoms with Crippen LogP contribution in [0, 0.1) is 13.8 Å². The van der Waals surface area contributed by atoms with Gasteiger partial charge in [-0.1, -0.05) is 23.7 Å². The number of nitrogens with two attached hydrogens (primary N) is 1. The van der Waals surface area contributed by atoms with E-state index in [0.717, 1.165) is 22.5 Å². The quantitative estimate of drug-likeness (QED) is 0.635. The highest BCUT2D eigenvalue weighted by Gasteiger charge is 2.10. The van der Waals surface area contributed by atoms with Gasteiger partial charge in [-0.3, -0.25) is 0 Å². The lowest BCUT2D eigenvalue weighted by Gasteiger charge is -2.14. The van der Waals surface area contributed by atoms with Crippen molar-refractivity contribution in [2.45, 2.75) is 13.8 Å². The maximum absolute atomic E-state index is 6.22. The number of aryl methyl sites for hydroxylation is 2. The number of hydrogen-bond donors (Lipinski definition) is 3. The molecule has 0 saturated carbocycles. The van der Waals surface area contributed by atoms with Crippen molar-refractivity contribution in [3.63, 3.8) is 0 Å². The van der Waals surface area contributed by atoms with E-state index in [2.05, 4.69) is 20.6 Å². The van der Waals surface area contributed by atoms with Gasteiger partial charge in [-0.15, -0.1) is 0 Å². The van der Waals surface area contributed by atoms with E-state index in [0.29, 0.717) is 22.3 Å². The van der Waals surface area contributed by atoms with E-state index in [1.807, 2.05) is 56.3 Å². The number of nitrogens with zero attached hydrogens (tertiary/aromatic N) is 2. The van der Waals surface area contributed by atoms with E-state index in [1.54, 1.807) is 0 Å². The third-order valence-electron chi connectivity index (χ3n) is 3.61. The molecule has 0 amide bonds. The van der Waals surface area contributed by atoms with Crippen molar-refractivity contribution in [3.8, 4) is 0 Å². The summed E-state index contributed by atoms with van der Waals surface area (Å²) in [6.45, 7) is 4.00. The van der Waals surface area contributed by atoms with Crippen LogP contribution >= 0.6 is 11.6 Å². The van der Waals surface area contributed by atoms with E-state index >= 15 is 0 Å². The van der Waals surface area contributed by atoms with E-state index in [-0.39, 0.29) is 0 Å². The van der Waals surface area contributed by atoms with Gasteiger partial charge in [-0.2, -0.15) is 0 Å². The zero-order valence-corrected chi connectivity index (χ0v) is 14.2. The fourth-order valence-corrected chi connectivity index (χ4v) is 2.58. The zero-order valence-electron chi connectivity index (χ0n) is 13.5. The summed E-state index contributed by atoms with van der Waals surface area (Å²) >= 11 is 5.99. The van der Waals surface area contributed by atoms with Crippen LogP contribution in [0.1, 0.15) is 11.1 Å². The van der Waals surface area contributed by atoms with Gasteiger partial charge >= 0.3 is 0 Å². The molecule has 5 nitrogen and oxygen atoms in total. The fourth-order valence-electron chi connectivity index (χ4n) is 2.35. The van der Waals surface area contributed by atoms with Gasteiger partial charge in [0, 0.05) is 16.4 Å². The van der Waals surface area contributed by atoms with Crippen molar-refractivity contribution in [2.75, 3.05) is 16.4 Å². The van der Waals surface area contributed by atoms with Gasteiger partial charge in [-0.05, 0) is 55.3 Å². The Morgan fingerprint density at radius 2 is 1.71 bits per heavy atom. The molecule has 122 valence electrons. The minimum atomic E-state index is 0.452. The molecule has 1 aromatic heterocycles. The molecule has 0 atom stereocenters. The molecule has 3 rings (SSSR count). The highest BCUT2D eigenvalue weighted by atomic mass is 35.5. The fraction of sp³-hybridized carbons (Fsp3) is 0.111. The number of benzene rings is 2. The normalized spacial score (nSPS) is 10.5. The smallest absolute Gasteiger partial charge is 0.159 e. The maximum Gasteiger partial charge on any atom is 0.159 e. The Kier molecular flexibility index (Phi) is 4.53. The Bertz CT molecular complexity index is 879. The average Bonchev–Trinajstić information content (AvgIpc) is 2.54. The molecule has 3 aromatic rings. The Morgan fingerprint density at radius 3 is 2.42 bits per heavy atom. The topological polar surface area (TPSA) is 75.9 Å². The molecule has 0 fully saturated rings. The van der Waals surface area contributed by atoms with Crippen LogP contribution in [0.2, 0.25) is 5.02 Å². The molecular weight excluding hydrogens is 322 g/mol. The van der Waals surface area contributed by atoms with Crippen LogP contribution in [0.25, 0.3) is 0 Å². The van der Waals surface area contributed by atoms with Crippen LogP contribution in [0.3, 0.4) is 0 Å². The summed E-state index contributed by atoms with van der Waals surface area (Å²) in [5.74, 6) is 1.11. The number of nitrogens with one attached hydrogen (secondary N) is 2. The van der Waals surface area contributed by atoms with Gasteiger partial charge in [-0.25, -0.2) is 9.97 Å². The van der Waals surface area contributed by atoms with Gasteiger partial charge in [0.1, 0.15) is 12.0 Å². The van der Waals surface area contributed by atoms with Gasteiger partial charge in [0.15, 0.2) is 11.6 Å². The zero-order chi connectivity index (χ0) is 17.1. The van der Waals surface area contributed by atoms with Crippen LogP contribution < -0.4 is 16.4 Å². The lowest BCUT2D eigenvalue weighted by Crippen LogP contribution is -2.05. The number of nitrogen functional groups attached to an aromatic ring is 1. The van der Waals surface area contributed by atoms with E-state index in [4.69, 9.17) is 17.3 Å². The minimum absolute atomic E-state index is 0.452. The predicted octanol–water partition coefficient (Wildman–Crippen LogP) is 4.82. The number of rotatable bonds is 4. The van der Waals surface area contributed by atoms with Crippen LogP contribution in [0.4, 0.5) is 28.7 Å². The van der Waals surface area contributed by atoms with Crippen molar-refractivity contribution in [1.29, 1.82) is 0 Å². The maximum atomic E-state index is 6.22. The third kappa shape index (κ3) is 3.58. The second-order valence-electron chi connectivity index (χ2n) is 5.56. The summed E-state index contributed by atoms with van der Waals surface area (Å²) in [6.07, 6.45) is 1.47. The molecule has 2 aromatic carbocycles. The molecule has 0 radical (unpaired) electrons. The first-order chi connectivity index (χ1) is 11.5. The molecular formula is C18H18ClN5. The molecule has 0 unspecified atom stereocenters. The average molecular weight is 340 g/mol. The molecule has 0 aliphatic heterocycles. The number of anilines is 5. The van der Waals surface area contributed by atoms with Crippen LogP contribution in [0.15, 0.2) is 48.8 Å². The largest absolute Gasteiger partial charge is 0.393 e. The monoisotopic (exact) mass is 339 g/mol. The molecule has 4 N–H and O–H groups in total. The molecule has 24 heavy (non-hydrogen) atoms. The number of hydrogen-bond acceptors (Lipinski definition) is 5. The van der Waals surface area contributed by atoms with E-state index in [9.17, 15) is 0 Å². The Morgan fingerprint density at radius 1 is 0.958 bits per heavy atom. The third-order valence-corrected chi connectivity index (χ3v) is 3.84. The van der Waals surface area contributed by atoms with Gasteiger partial charge in [0.2, 0.25) is 0 Å². The first-order valence-corrected chi connectivity index (χ1v) is 7.88. The van der Waals surface area contributed by atoms with E-state index < -0.39 is 0 Å². The van der Waals surface area contributed by atoms with Crippen molar-refractivity contribution in [3.05, 3.63) is 64.9 Å². The summed E-state index contributed by atoms with van der Waals surface area (Å²) < 4.78 is 0. The van der Waals surface area contributed by atoms with Crippen molar-refractivity contribution < 1.29 is 0 Å². The lowest BCUT2D eigenvalue weighted by atomic mass is 10.2. The Labute approximate surface area is 145 Å². The number of halogens is 1. The summed E-state index contributed by atoms with van der Waals surface area (Å²) in [7, 11) is 0. The molecule has 0 aliphatic carbocycles.